The van der Waals surface area contributed by atoms with E-state index in [1.807, 2.05) is 6.07 Å². The van der Waals surface area contributed by atoms with Gasteiger partial charge in [0.15, 0.2) is 0 Å². The lowest BCUT2D eigenvalue weighted by molar-refractivity contribution is -0.140. The summed E-state index contributed by atoms with van der Waals surface area (Å²) >= 11 is 9.74. The third-order valence-corrected chi connectivity index (χ3v) is 9.74. The van der Waals surface area contributed by atoms with Crippen LogP contribution in [-0.2, 0) is 38.8 Å². The summed E-state index contributed by atoms with van der Waals surface area (Å²) in [7, 11) is -4.64. The highest BCUT2D eigenvalue weighted by Crippen LogP contribution is 2.37. The van der Waals surface area contributed by atoms with Crippen molar-refractivity contribution in [3.05, 3.63) is 129 Å². The quantitative estimate of drug-likeness (QED) is 0.163. The highest BCUT2D eigenvalue weighted by Gasteiger charge is 2.37. The van der Waals surface area contributed by atoms with E-state index in [9.17, 15) is 31.2 Å². The maximum atomic E-state index is 14.5. The number of anilines is 1. The van der Waals surface area contributed by atoms with Gasteiger partial charge in [-0.1, -0.05) is 88.2 Å². The minimum atomic E-state index is -4.82. The average Bonchev–Trinajstić information content (AvgIpc) is 3.02. The van der Waals surface area contributed by atoms with E-state index in [4.69, 9.17) is 11.6 Å². The lowest BCUT2D eigenvalue weighted by Gasteiger charge is -2.34. The zero-order valence-electron chi connectivity index (χ0n) is 25.4. The summed E-state index contributed by atoms with van der Waals surface area (Å²) in [5.74, 6) is -1.32. The van der Waals surface area contributed by atoms with Gasteiger partial charge in [-0.25, -0.2) is 8.42 Å². The molecule has 13 heteroatoms. The predicted octanol–water partition coefficient (Wildman–Crippen LogP) is 7.48. The third-order valence-electron chi connectivity index (χ3n) is 7.12. The van der Waals surface area contributed by atoms with Crippen molar-refractivity contribution in [3.63, 3.8) is 0 Å². The van der Waals surface area contributed by atoms with Gasteiger partial charge in [0.05, 0.1) is 21.2 Å². The molecule has 7 nitrogen and oxygen atoms in total. The molecular formula is C34H32BrClF3N3O4S. The Kier molecular flexibility index (Phi) is 11.8. The van der Waals surface area contributed by atoms with Gasteiger partial charge in [0.1, 0.15) is 12.6 Å². The summed E-state index contributed by atoms with van der Waals surface area (Å²) in [6.07, 6.45) is -4.74. The zero-order valence-corrected chi connectivity index (χ0v) is 28.6. The van der Waals surface area contributed by atoms with Crippen molar-refractivity contribution in [2.75, 3.05) is 10.8 Å². The molecule has 248 valence electrons. The summed E-state index contributed by atoms with van der Waals surface area (Å²) in [4.78, 5) is 29.2. The number of amides is 2. The van der Waals surface area contributed by atoms with Crippen molar-refractivity contribution in [2.24, 2.45) is 0 Å². The fourth-order valence-electron chi connectivity index (χ4n) is 4.83. The van der Waals surface area contributed by atoms with Gasteiger partial charge in [0.2, 0.25) is 11.8 Å². The molecule has 0 aromatic heterocycles. The van der Waals surface area contributed by atoms with Crippen molar-refractivity contribution in [2.45, 2.75) is 50.0 Å². The topological polar surface area (TPSA) is 86.8 Å². The van der Waals surface area contributed by atoms with Crippen molar-refractivity contribution < 1.29 is 31.2 Å². The predicted molar refractivity (Wildman–Crippen MR) is 179 cm³/mol. The molecule has 1 unspecified atom stereocenters. The van der Waals surface area contributed by atoms with Crippen LogP contribution >= 0.6 is 27.5 Å². The van der Waals surface area contributed by atoms with E-state index in [0.717, 1.165) is 22.2 Å². The largest absolute Gasteiger partial charge is 0.416 e. The second-order valence-corrected chi connectivity index (χ2v) is 14.2. The van der Waals surface area contributed by atoms with Crippen molar-refractivity contribution >= 4 is 55.1 Å². The van der Waals surface area contributed by atoms with Gasteiger partial charge in [-0.3, -0.25) is 13.9 Å². The number of carbonyl (C=O) groups is 2. The first-order valence-corrected chi connectivity index (χ1v) is 17.1. The molecule has 0 saturated heterocycles. The monoisotopic (exact) mass is 749 g/mol. The summed E-state index contributed by atoms with van der Waals surface area (Å²) in [5.41, 5.74) is -0.317. The number of carbonyl (C=O) groups excluding carboxylic acids is 2. The minimum absolute atomic E-state index is 0.0808. The molecule has 0 aliphatic heterocycles. The number of sulfonamides is 1. The van der Waals surface area contributed by atoms with Crippen molar-refractivity contribution in [3.8, 4) is 0 Å². The molecule has 0 aliphatic carbocycles. The van der Waals surface area contributed by atoms with Gasteiger partial charge in [-0.15, -0.1) is 0 Å². The van der Waals surface area contributed by atoms with Crippen LogP contribution in [0.4, 0.5) is 18.9 Å². The zero-order chi connectivity index (χ0) is 34.4. The maximum absolute atomic E-state index is 14.5. The Balaban J connectivity index is 1.87. The first kappa shape index (κ1) is 36.0. The van der Waals surface area contributed by atoms with Crippen LogP contribution in [0.1, 0.15) is 30.5 Å². The molecule has 0 bridgehead atoms. The Morgan fingerprint density at radius 3 is 2.04 bits per heavy atom. The Morgan fingerprint density at radius 1 is 0.872 bits per heavy atom. The lowest BCUT2D eigenvalue weighted by Crippen LogP contribution is -2.54. The Morgan fingerprint density at radius 2 is 1.47 bits per heavy atom. The Bertz CT molecular complexity index is 1790. The number of nitrogens with one attached hydrogen (secondary N) is 1. The molecule has 0 aliphatic rings. The molecule has 1 atom stereocenters. The smallest absolute Gasteiger partial charge is 0.352 e. The van der Waals surface area contributed by atoms with Crippen LogP contribution in [-0.4, -0.2) is 43.8 Å². The minimum Gasteiger partial charge on any atom is -0.352 e. The lowest BCUT2D eigenvalue weighted by atomic mass is 10.0. The number of alkyl halides is 3. The SMILES string of the molecule is CC(C)NC(=O)C(Cc1ccccc1)N(Cc1ccc(Br)cc1)C(=O)CN(c1cc(C(F)(F)F)ccc1Cl)S(=O)(=O)c1ccccc1. The van der Waals surface area contributed by atoms with Crippen LogP contribution in [0, 0.1) is 0 Å². The van der Waals surface area contributed by atoms with Gasteiger partial charge in [0, 0.05) is 23.5 Å². The summed E-state index contributed by atoms with van der Waals surface area (Å²) in [5, 5.41) is 2.53. The van der Waals surface area contributed by atoms with Crippen LogP contribution < -0.4 is 9.62 Å². The molecule has 0 spiro atoms. The number of benzene rings is 4. The first-order chi connectivity index (χ1) is 22.2. The van der Waals surface area contributed by atoms with Gasteiger partial charge < -0.3 is 10.2 Å². The Hall–Kier alpha value is -3.87. The van der Waals surface area contributed by atoms with E-state index >= 15 is 0 Å². The van der Waals surface area contributed by atoms with Gasteiger partial charge in [-0.05, 0) is 67.4 Å². The molecular weight excluding hydrogens is 719 g/mol. The first-order valence-electron chi connectivity index (χ1n) is 14.5. The summed E-state index contributed by atoms with van der Waals surface area (Å²) < 4.78 is 70.9. The van der Waals surface area contributed by atoms with Crippen molar-refractivity contribution in [1.29, 1.82) is 0 Å². The molecule has 47 heavy (non-hydrogen) atoms. The standard InChI is InChI=1S/C34H32BrClF3N3O4S/c1-23(2)40-33(44)31(19-24-9-5-3-6-10-24)41(21-25-13-16-27(35)17-14-25)32(43)22-42(47(45,46)28-11-7-4-8-12-28)30-20-26(34(37,38)39)15-18-29(30)36/h3-18,20,23,31H,19,21-22H2,1-2H3,(H,40,44). The molecule has 4 aromatic rings. The van der Waals surface area contributed by atoms with Crippen molar-refractivity contribution in [1.82, 2.24) is 10.2 Å². The molecule has 2 amide bonds. The number of nitrogens with zero attached hydrogens (tertiary/aromatic N) is 2. The van der Waals surface area contributed by atoms with E-state index < -0.39 is 51.9 Å². The second-order valence-electron chi connectivity index (χ2n) is 11.0. The highest BCUT2D eigenvalue weighted by atomic mass is 79.9. The van der Waals surface area contributed by atoms with Gasteiger partial charge in [-0.2, -0.15) is 13.2 Å². The van der Waals surface area contributed by atoms with Crippen LogP contribution in [0.3, 0.4) is 0 Å². The number of halogens is 5. The number of hydrogen-bond donors (Lipinski definition) is 1. The van der Waals surface area contributed by atoms with Crippen LogP contribution in [0.25, 0.3) is 0 Å². The number of rotatable bonds is 12. The Labute approximate surface area is 285 Å². The highest BCUT2D eigenvalue weighted by molar-refractivity contribution is 9.10. The van der Waals surface area contributed by atoms with Gasteiger partial charge >= 0.3 is 6.18 Å². The molecule has 4 rings (SSSR count). The van der Waals surface area contributed by atoms with Gasteiger partial charge in [0.25, 0.3) is 10.0 Å². The van der Waals surface area contributed by atoms with Crippen LogP contribution in [0.5, 0.6) is 0 Å². The fourth-order valence-corrected chi connectivity index (χ4v) is 6.81. The van der Waals surface area contributed by atoms with E-state index in [-0.39, 0.29) is 28.9 Å². The molecule has 4 aromatic carbocycles. The molecule has 0 heterocycles. The summed E-state index contributed by atoms with van der Waals surface area (Å²) in [6.45, 7) is 2.48. The maximum Gasteiger partial charge on any atom is 0.416 e. The van der Waals surface area contributed by atoms with Crippen LogP contribution in [0.15, 0.2) is 112 Å². The van der Waals surface area contributed by atoms with E-state index in [1.54, 1.807) is 68.4 Å². The van der Waals surface area contributed by atoms with E-state index in [2.05, 4.69) is 21.2 Å². The normalized spacial score (nSPS) is 12.4. The van der Waals surface area contributed by atoms with E-state index in [0.29, 0.717) is 15.9 Å². The summed E-state index contributed by atoms with van der Waals surface area (Å²) in [6, 6.07) is 23.9. The average molecular weight is 751 g/mol. The van der Waals surface area contributed by atoms with E-state index in [1.165, 1.54) is 29.2 Å². The molecule has 0 saturated carbocycles. The van der Waals surface area contributed by atoms with Crippen LogP contribution in [0.2, 0.25) is 5.02 Å². The number of hydrogen-bond acceptors (Lipinski definition) is 4. The molecule has 1 N–H and O–H groups in total. The molecule has 0 fully saturated rings. The third kappa shape index (κ3) is 9.36. The second kappa shape index (κ2) is 15.4. The fraction of sp³-hybridized carbons (Fsp3) is 0.235. The molecule has 0 radical (unpaired) electrons.